The highest BCUT2D eigenvalue weighted by Gasteiger charge is 2.32. The second-order valence-corrected chi connectivity index (χ2v) is 8.36. The number of carbonyl (C=O) groups is 1. The quantitative estimate of drug-likeness (QED) is 0.275. The van der Waals surface area contributed by atoms with Crippen molar-refractivity contribution in [1.82, 2.24) is 14.5 Å². The van der Waals surface area contributed by atoms with E-state index in [9.17, 15) is 9.90 Å². The second-order valence-electron chi connectivity index (χ2n) is 7.41. The summed E-state index contributed by atoms with van der Waals surface area (Å²) in [5, 5.41) is 19.5. The van der Waals surface area contributed by atoms with Crippen LogP contribution in [0, 0.1) is 19.1 Å². The lowest BCUT2D eigenvalue weighted by atomic mass is 10.0. The van der Waals surface area contributed by atoms with E-state index in [1.54, 1.807) is 6.92 Å². The zero-order valence-electron chi connectivity index (χ0n) is 19.3. The topological polar surface area (TPSA) is 105 Å². The third kappa shape index (κ3) is 4.80. The van der Waals surface area contributed by atoms with Crippen molar-refractivity contribution in [3.63, 3.8) is 0 Å². The SMILES string of the molecule is [C-]#[N+]c1nc(N=Nc2sc(N(CC)CC)nc2-c2ccccc2)n(C(C)C(C)C(=O)O)c1[N+]#[C-]. The monoisotopic (exact) mass is 476 g/mol. The predicted octanol–water partition coefficient (Wildman–Crippen LogP) is 6.65. The molecule has 0 radical (unpaired) electrons. The van der Waals surface area contributed by atoms with Gasteiger partial charge in [-0.05, 0) is 27.7 Å². The van der Waals surface area contributed by atoms with E-state index in [2.05, 4.69) is 29.8 Å². The summed E-state index contributed by atoms with van der Waals surface area (Å²) in [7, 11) is 0. The first-order chi connectivity index (χ1) is 16.4. The molecule has 0 spiro atoms. The van der Waals surface area contributed by atoms with Gasteiger partial charge in [-0.2, -0.15) is 0 Å². The lowest BCUT2D eigenvalue weighted by Gasteiger charge is -2.16. The lowest BCUT2D eigenvalue weighted by molar-refractivity contribution is -0.142. The van der Waals surface area contributed by atoms with Crippen LogP contribution in [0.3, 0.4) is 0 Å². The number of hydrogen-bond acceptors (Lipinski definition) is 7. The lowest BCUT2D eigenvalue weighted by Crippen LogP contribution is -2.21. The second kappa shape index (κ2) is 10.7. The van der Waals surface area contributed by atoms with Gasteiger partial charge in [0.25, 0.3) is 11.6 Å². The van der Waals surface area contributed by atoms with Gasteiger partial charge in [-0.25, -0.2) is 9.55 Å². The standard InChI is InChI=1S/C23H24N8O2S/c1-7-30(8-2)23-26-17(16-12-10-9-11-13-16)20(34-23)28-29-22-27-18(24-5)19(25-6)31(22)15(4)14(3)21(32)33/h9-15H,7-8H2,1-4H3,(H,32,33). The molecule has 0 bridgehead atoms. The van der Waals surface area contributed by atoms with Crippen molar-refractivity contribution in [3.05, 3.63) is 53.2 Å². The molecule has 0 fully saturated rings. The van der Waals surface area contributed by atoms with Gasteiger partial charge in [0.15, 0.2) is 10.1 Å². The summed E-state index contributed by atoms with van der Waals surface area (Å²) in [5.74, 6) is -2.04. The van der Waals surface area contributed by atoms with Crippen molar-refractivity contribution in [2.45, 2.75) is 33.7 Å². The fraction of sp³-hybridized carbons (Fsp3) is 0.348. The van der Waals surface area contributed by atoms with Gasteiger partial charge in [0.1, 0.15) is 5.69 Å². The molecule has 10 nitrogen and oxygen atoms in total. The van der Waals surface area contributed by atoms with Gasteiger partial charge in [0.05, 0.1) is 12.0 Å². The number of azo groups is 1. The van der Waals surface area contributed by atoms with Gasteiger partial charge < -0.3 is 19.7 Å². The van der Waals surface area contributed by atoms with Crippen molar-refractivity contribution >= 4 is 45.0 Å². The summed E-state index contributed by atoms with van der Waals surface area (Å²) in [6.07, 6.45) is 0. The number of rotatable bonds is 9. The number of imidazole rings is 1. The van der Waals surface area contributed by atoms with Crippen LogP contribution in [-0.2, 0) is 4.79 Å². The first-order valence-corrected chi connectivity index (χ1v) is 11.5. The molecule has 34 heavy (non-hydrogen) atoms. The average molecular weight is 477 g/mol. The minimum Gasteiger partial charge on any atom is -0.481 e. The highest BCUT2D eigenvalue weighted by molar-refractivity contribution is 7.19. The molecule has 0 aliphatic heterocycles. The number of benzene rings is 1. The number of carboxylic acids is 1. The van der Waals surface area contributed by atoms with E-state index in [4.69, 9.17) is 18.1 Å². The van der Waals surface area contributed by atoms with E-state index in [0.29, 0.717) is 10.7 Å². The molecule has 174 valence electrons. The van der Waals surface area contributed by atoms with Crippen LogP contribution in [0.25, 0.3) is 20.9 Å². The maximum absolute atomic E-state index is 11.6. The Kier molecular flexibility index (Phi) is 7.71. The first-order valence-electron chi connectivity index (χ1n) is 10.7. The fourth-order valence-corrected chi connectivity index (χ4v) is 4.37. The highest BCUT2D eigenvalue weighted by Crippen LogP contribution is 2.42. The van der Waals surface area contributed by atoms with E-state index in [0.717, 1.165) is 23.8 Å². The Morgan fingerprint density at radius 3 is 2.38 bits per heavy atom. The molecule has 0 aliphatic rings. The van der Waals surface area contributed by atoms with Crippen LogP contribution in [0.15, 0.2) is 40.6 Å². The Morgan fingerprint density at radius 1 is 1.15 bits per heavy atom. The number of anilines is 1. The van der Waals surface area contributed by atoms with Gasteiger partial charge in [-0.3, -0.25) is 4.79 Å². The van der Waals surface area contributed by atoms with Crippen molar-refractivity contribution < 1.29 is 9.90 Å². The number of thiazole rings is 1. The van der Waals surface area contributed by atoms with E-state index >= 15 is 0 Å². The first kappa shape index (κ1) is 24.6. The van der Waals surface area contributed by atoms with Crippen molar-refractivity contribution in [2.75, 3.05) is 18.0 Å². The predicted molar refractivity (Wildman–Crippen MR) is 132 cm³/mol. The van der Waals surface area contributed by atoms with E-state index in [1.807, 2.05) is 44.2 Å². The molecule has 0 aliphatic carbocycles. The fourth-order valence-electron chi connectivity index (χ4n) is 3.33. The van der Waals surface area contributed by atoms with Crippen LogP contribution in [-0.4, -0.2) is 38.7 Å². The van der Waals surface area contributed by atoms with Gasteiger partial charge in [-0.15, -0.1) is 5.11 Å². The molecule has 0 saturated carbocycles. The Balaban J connectivity index is 2.14. The molecular formula is C23H24N8O2S. The maximum atomic E-state index is 11.6. The van der Waals surface area contributed by atoms with Crippen LogP contribution in [0.2, 0.25) is 0 Å². The Hall–Kier alpha value is -4.09. The minimum atomic E-state index is -1.03. The normalized spacial score (nSPS) is 12.8. The number of nitrogens with zero attached hydrogens (tertiary/aromatic N) is 8. The molecule has 1 N–H and O–H groups in total. The molecule has 1 aromatic carbocycles. The molecule has 0 amide bonds. The number of carboxylic acid groups (broad SMARTS) is 1. The van der Waals surface area contributed by atoms with Crippen molar-refractivity contribution in [1.29, 1.82) is 0 Å². The van der Waals surface area contributed by atoms with Gasteiger partial charge in [0.2, 0.25) is 0 Å². The molecule has 3 aromatic rings. The number of hydrogen-bond donors (Lipinski definition) is 1. The summed E-state index contributed by atoms with van der Waals surface area (Å²) in [6, 6.07) is 8.95. The van der Waals surface area contributed by atoms with E-state index in [1.165, 1.54) is 22.8 Å². The molecule has 2 heterocycles. The molecule has 2 atom stereocenters. The molecule has 0 saturated heterocycles. The average Bonchev–Trinajstić information content (AvgIpc) is 3.44. The van der Waals surface area contributed by atoms with Gasteiger partial charge in [-0.1, -0.05) is 64.9 Å². The minimum absolute atomic E-state index is 0.00870. The maximum Gasteiger partial charge on any atom is 0.417 e. The number of aromatic nitrogens is 3. The summed E-state index contributed by atoms with van der Waals surface area (Å²) >= 11 is 1.38. The molecule has 3 rings (SSSR count). The Bertz CT molecular complexity index is 1280. The van der Waals surface area contributed by atoms with Crippen molar-refractivity contribution in [3.8, 4) is 11.3 Å². The summed E-state index contributed by atoms with van der Waals surface area (Å²) in [6.45, 7) is 23.7. The van der Waals surface area contributed by atoms with Gasteiger partial charge in [0, 0.05) is 18.7 Å². The van der Waals surface area contributed by atoms with E-state index < -0.39 is 17.9 Å². The van der Waals surface area contributed by atoms with Crippen LogP contribution in [0.5, 0.6) is 0 Å². The summed E-state index contributed by atoms with van der Waals surface area (Å²) < 4.78 is 1.37. The highest BCUT2D eigenvalue weighted by atomic mass is 32.1. The largest absolute Gasteiger partial charge is 0.481 e. The van der Waals surface area contributed by atoms with Gasteiger partial charge >= 0.3 is 11.9 Å². The van der Waals surface area contributed by atoms with E-state index in [-0.39, 0.29) is 17.6 Å². The third-order valence-electron chi connectivity index (χ3n) is 5.49. The smallest absolute Gasteiger partial charge is 0.417 e. The summed E-state index contributed by atoms with van der Waals surface area (Å²) in [4.78, 5) is 29.4. The summed E-state index contributed by atoms with van der Waals surface area (Å²) in [5.41, 5.74) is 1.54. The van der Waals surface area contributed by atoms with Crippen LogP contribution >= 0.6 is 11.3 Å². The van der Waals surface area contributed by atoms with Crippen LogP contribution in [0.1, 0.15) is 33.7 Å². The number of aliphatic carboxylic acids is 1. The molecular weight excluding hydrogens is 452 g/mol. The zero-order valence-corrected chi connectivity index (χ0v) is 20.1. The Morgan fingerprint density at radius 2 is 1.82 bits per heavy atom. The molecule has 11 heteroatoms. The zero-order chi connectivity index (χ0) is 24.8. The van der Waals surface area contributed by atoms with Crippen molar-refractivity contribution in [2.24, 2.45) is 16.1 Å². The Labute approximate surface area is 201 Å². The molecule has 2 unspecified atom stereocenters. The molecule has 2 aromatic heterocycles. The van der Waals surface area contributed by atoms with Crippen LogP contribution < -0.4 is 4.90 Å². The third-order valence-corrected chi connectivity index (χ3v) is 6.49. The van der Waals surface area contributed by atoms with Crippen LogP contribution in [0.4, 0.5) is 27.7 Å².